The van der Waals surface area contributed by atoms with Gasteiger partial charge >= 0.3 is 0 Å². The molecular weight excluding hydrogens is 253 g/mol. The number of ether oxygens (including phenoxy) is 1. The van der Waals surface area contributed by atoms with Crippen LogP contribution in [-0.4, -0.2) is 7.11 Å². The quantitative estimate of drug-likeness (QED) is 0.877. The van der Waals surface area contributed by atoms with Crippen molar-refractivity contribution in [2.45, 2.75) is 26.8 Å². The maximum Gasteiger partial charge on any atom is 0.146 e. The number of hydrogen-bond donors (Lipinski definition) is 1. The zero-order valence-corrected chi connectivity index (χ0v) is 12.3. The van der Waals surface area contributed by atoms with Crippen molar-refractivity contribution in [1.29, 1.82) is 0 Å². The molecule has 0 spiro atoms. The molecule has 1 atom stereocenters. The normalized spacial score (nSPS) is 12.1. The Hall–Kier alpha value is -2.03. The molecule has 0 saturated carbocycles. The van der Waals surface area contributed by atoms with Crippen LogP contribution in [0, 0.1) is 19.7 Å². The predicted molar refractivity (Wildman–Crippen MR) is 80.9 cm³/mol. The van der Waals surface area contributed by atoms with Crippen LogP contribution >= 0.6 is 0 Å². The maximum absolute atomic E-state index is 13.8. The number of methoxy groups -OCH3 is 1. The van der Waals surface area contributed by atoms with Gasteiger partial charge in [-0.05, 0) is 44.5 Å². The van der Waals surface area contributed by atoms with Crippen LogP contribution in [0.15, 0.2) is 36.4 Å². The highest BCUT2D eigenvalue weighted by molar-refractivity contribution is 5.50. The molecule has 2 rings (SSSR count). The third-order valence-corrected chi connectivity index (χ3v) is 3.35. The molecule has 0 bridgehead atoms. The minimum absolute atomic E-state index is 0.0406. The van der Waals surface area contributed by atoms with Crippen LogP contribution < -0.4 is 10.1 Å². The van der Waals surface area contributed by atoms with Gasteiger partial charge in [0.15, 0.2) is 0 Å². The number of anilines is 1. The summed E-state index contributed by atoms with van der Waals surface area (Å²) in [6.07, 6.45) is 0. The highest BCUT2D eigenvalue weighted by atomic mass is 19.1. The SMILES string of the molecule is COc1ccc(C)cc1C(C)Nc1cc(C)ccc1F. The van der Waals surface area contributed by atoms with Gasteiger partial charge in [-0.1, -0.05) is 23.8 Å². The van der Waals surface area contributed by atoms with Crippen molar-refractivity contribution in [1.82, 2.24) is 0 Å². The second kappa shape index (κ2) is 5.95. The van der Waals surface area contributed by atoms with Crippen molar-refractivity contribution < 1.29 is 9.13 Å². The molecule has 20 heavy (non-hydrogen) atoms. The first-order valence-corrected chi connectivity index (χ1v) is 6.68. The summed E-state index contributed by atoms with van der Waals surface area (Å²) in [4.78, 5) is 0. The fourth-order valence-electron chi connectivity index (χ4n) is 2.25. The van der Waals surface area contributed by atoms with Crippen molar-refractivity contribution in [3.63, 3.8) is 0 Å². The summed E-state index contributed by atoms with van der Waals surface area (Å²) in [5.74, 6) is 0.567. The third-order valence-electron chi connectivity index (χ3n) is 3.35. The lowest BCUT2D eigenvalue weighted by molar-refractivity contribution is 0.407. The summed E-state index contributed by atoms with van der Waals surface area (Å²) < 4.78 is 19.2. The fourth-order valence-corrected chi connectivity index (χ4v) is 2.25. The van der Waals surface area contributed by atoms with Gasteiger partial charge in [0, 0.05) is 5.56 Å². The zero-order chi connectivity index (χ0) is 14.7. The minimum atomic E-state index is -0.242. The Morgan fingerprint density at radius 3 is 2.40 bits per heavy atom. The molecule has 0 aliphatic carbocycles. The number of nitrogens with one attached hydrogen (secondary N) is 1. The number of aryl methyl sites for hydroxylation is 2. The van der Waals surface area contributed by atoms with Crippen LogP contribution in [0.4, 0.5) is 10.1 Å². The number of hydrogen-bond acceptors (Lipinski definition) is 2. The number of benzene rings is 2. The van der Waals surface area contributed by atoms with Crippen LogP contribution in [0.5, 0.6) is 5.75 Å². The summed E-state index contributed by atoms with van der Waals surface area (Å²) in [7, 11) is 1.65. The van der Waals surface area contributed by atoms with Crippen LogP contribution in [-0.2, 0) is 0 Å². The van der Waals surface area contributed by atoms with Crippen molar-refractivity contribution in [3.05, 3.63) is 58.9 Å². The number of rotatable bonds is 4. The van der Waals surface area contributed by atoms with E-state index in [1.807, 2.05) is 39.0 Å². The van der Waals surface area contributed by atoms with E-state index in [9.17, 15) is 4.39 Å². The molecular formula is C17H20FNO. The molecule has 2 aromatic rings. The van der Waals surface area contributed by atoms with E-state index in [-0.39, 0.29) is 11.9 Å². The Morgan fingerprint density at radius 2 is 1.70 bits per heavy atom. The molecule has 0 fully saturated rings. The van der Waals surface area contributed by atoms with Gasteiger partial charge in [0.25, 0.3) is 0 Å². The van der Waals surface area contributed by atoms with Gasteiger partial charge in [-0.3, -0.25) is 0 Å². The fraction of sp³-hybridized carbons (Fsp3) is 0.294. The zero-order valence-electron chi connectivity index (χ0n) is 12.3. The number of halogens is 1. The average Bonchev–Trinajstić information content (AvgIpc) is 2.42. The Labute approximate surface area is 119 Å². The Balaban J connectivity index is 2.30. The molecule has 3 heteroatoms. The van der Waals surface area contributed by atoms with Gasteiger partial charge in [-0.2, -0.15) is 0 Å². The van der Waals surface area contributed by atoms with E-state index in [2.05, 4.69) is 11.4 Å². The molecule has 0 aliphatic heterocycles. The topological polar surface area (TPSA) is 21.3 Å². The summed E-state index contributed by atoms with van der Waals surface area (Å²) in [5, 5.41) is 3.21. The van der Waals surface area contributed by atoms with Crippen LogP contribution in [0.25, 0.3) is 0 Å². The molecule has 0 amide bonds. The highest BCUT2D eigenvalue weighted by Gasteiger charge is 2.13. The molecule has 2 aromatic carbocycles. The molecule has 1 unspecified atom stereocenters. The molecule has 0 radical (unpaired) electrons. The van der Waals surface area contributed by atoms with Gasteiger partial charge in [0.05, 0.1) is 18.8 Å². The van der Waals surface area contributed by atoms with Crippen LogP contribution in [0.2, 0.25) is 0 Å². The van der Waals surface area contributed by atoms with Crippen molar-refractivity contribution in [2.75, 3.05) is 12.4 Å². The van der Waals surface area contributed by atoms with Crippen molar-refractivity contribution in [2.24, 2.45) is 0 Å². The molecule has 106 valence electrons. The van der Waals surface area contributed by atoms with E-state index in [0.29, 0.717) is 5.69 Å². The highest BCUT2D eigenvalue weighted by Crippen LogP contribution is 2.29. The van der Waals surface area contributed by atoms with Gasteiger partial charge in [-0.25, -0.2) is 4.39 Å². The van der Waals surface area contributed by atoms with Crippen LogP contribution in [0.1, 0.15) is 29.7 Å². The monoisotopic (exact) mass is 273 g/mol. The van der Waals surface area contributed by atoms with Crippen LogP contribution in [0.3, 0.4) is 0 Å². The average molecular weight is 273 g/mol. The standard InChI is InChI=1S/C17H20FNO/c1-11-6-8-17(20-4)14(9-11)13(3)19-16-10-12(2)5-7-15(16)18/h5-10,13,19H,1-4H3. The Kier molecular flexibility index (Phi) is 4.28. The van der Waals surface area contributed by atoms with Gasteiger partial charge in [0.1, 0.15) is 11.6 Å². The van der Waals surface area contributed by atoms with E-state index in [4.69, 9.17) is 4.74 Å². The molecule has 0 aliphatic rings. The van der Waals surface area contributed by atoms with E-state index in [1.165, 1.54) is 6.07 Å². The van der Waals surface area contributed by atoms with E-state index >= 15 is 0 Å². The first-order valence-electron chi connectivity index (χ1n) is 6.68. The van der Waals surface area contributed by atoms with E-state index in [1.54, 1.807) is 13.2 Å². The lowest BCUT2D eigenvalue weighted by atomic mass is 10.0. The Morgan fingerprint density at radius 1 is 1.05 bits per heavy atom. The van der Waals surface area contributed by atoms with E-state index < -0.39 is 0 Å². The molecule has 0 aromatic heterocycles. The first kappa shape index (κ1) is 14.4. The largest absolute Gasteiger partial charge is 0.496 e. The lowest BCUT2D eigenvalue weighted by Gasteiger charge is -2.19. The third kappa shape index (κ3) is 3.10. The summed E-state index contributed by atoms with van der Waals surface area (Å²) in [6, 6.07) is 11.0. The van der Waals surface area contributed by atoms with E-state index in [0.717, 1.165) is 22.4 Å². The summed E-state index contributed by atoms with van der Waals surface area (Å²) in [6.45, 7) is 5.98. The van der Waals surface area contributed by atoms with Crippen molar-refractivity contribution >= 4 is 5.69 Å². The maximum atomic E-state index is 13.8. The van der Waals surface area contributed by atoms with Gasteiger partial charge < -0.3 is 10.1 Å². The molecule has 1 N–H and O–H groups in total. The Bertz CT molecular complexity index is 610. The molecule has 0 saturated heterocycles. The van der Waals surface area contributed by atoms with Gasteiger partial charge in [-0.15, -0.1) is 0 Å². The second-order valence-electron chi connectivity index (χ2n) is 5.09. The lowest BCUT2D eigenvalue weighted by Crippen LogP contribution is -2.10. The van der Waals surface area contributed by atoms with Gasteiger partial charge in [0.2, 0.25) is 0 Å². The predicted octanol–water partition coefficient (Wildman–Crippen LogP) is 4.62. The smallest absolute Gasteiger partial charge is 0.146 e. The second-order valence-corrected chi connectivity index (χ2v) is 5.09. The molecule has 2 nitrogen and oxygen atoms in total. The minimum Gasteiger partial charge on any atom is -0.496 e. The molecule has 0 heterocycles. The summed E-state index contributed by atoms with van der Waals surface area (Å²) >= 11 is 0. The summed E-state index contributed by atoms with van der Waals surface area (Å²) in [5.41, 5.74) is 3.71. The van der Waals surface area contributed by atoms with Crippen molar-refractivity contribution in [3.8, 4) is 5.75 Å². The first-order chi connectivity index (χ1) is 9.51.